The van der Waals surface area contributed by atoms with E-state index in [-0.39, 0.29) is 18.6 Å². The van der Waals surface area contributed by atoms with Crippen molar-refractivity contribution in [2.75, 3.05) is 26.0 Å². The number of rotatable bonds is 7. The van der Waals surface area contributed by atoms with Crippen molar-refractivity contribution in [3.63, 3.8) is 0 Å². The van der Waals surface area contributed by atoms with Crippen molar-refractivity contribution in [1.82, 2.24) is 4.31 Å². The summed E-state index contributed by atoms with van der Waals surface area (Å²) in [5, 5.41) is 8.35. The first kappa shape index (κ1) is 13.3. The molecule has 0 aliphatic rings. The number of sulfonamides is 1. The SMILES string of the molecule is CN(CC(=O)O)S(=O)(=O)CCCCF. The van der Waals surface area contributed by atoms with E-state index < -0.39 is 29.2 Å². The molecule has 0 unspecified atom stereocenters. The van der Waals surface area contributed by atoms with Crippen LogP contribution in [0, 0.1) is 0 Å². The fourth-order valence-corrected chi connectivity index (χ4v) is 2.01. The Balaban J connectivity index is 4.10. The minimum absolute atomic E-state index is 0.181. The second-order valence-corrected chi connectivity index (χ2v) is 5.06. The molecule has 5 nitrogen and oxygen atoms in total. The topological polar surface area (TPSA) is 74.7 Å². The van der Waals surface area contributed by atoms with Crippen LogP contribution in [-0.4, -0.2) is 49.8 Å². The summed E-state index contributed by atoms with van der Waals surface area (Å²) in [4.78, 5) is 10.2. The number of nitrogens with zero attached hydrogens (tertiary/aromatic N) is 1. The molecule has 0 heterocycles. The van der Waals surface area contributed by atoms with Gasteiger partial charge < -0.3 is 5.11 Å². The number of carboxylic acid groups (broad SMARTS) is 1. The van der Waals surface area contributed by atoms with E-state index in [1.54, 1.807) is 0 Å². The van der Waals surface area contributed by atoms with Gasteiger partial charge in [-0.05, 0) is 12.8 Å². The first-order chi connectivity index (χ1) is 6.40. The standard InChI is InChI=1S/C7H14FNO4S/c1-9(6-7(10)11)14(12,13)5-3-2-4-8/h2-6H2,1H3,(H,10,11). The lowest BCUT2D eigenvalue weighted by molar-refractivity contribution is -0.137. The first-order valence-corrected chi connectivity index (χ1v) is 5.73. The van der Waals surface area contributed by atoms with Crippen LogP contribution in [-0.2, 0) is 14.8 Å². The molecule has 0 aromatic carbocycles. The average molecular weight is 227 g/mol. The summed E-state index contributed by atoms with van der Waals surface area (Å²) in [7, 11) is -2.35. The largest absolute Gasteiger partial charge is 0.480 e. The molecule has 0 fully saturated rings. The van der Waals surface area contributed by atoms with Crippen molar-refractivity contribution in [3.8, 4) is 0 Å². The average Bonchev–Trinajstić information content (AvgIpc) is 2.03. The third kappa shape index (κ3) is 5.13. The van der Waals surface area contributed by atoms with Gasteiger partial charge in [0, 0.05) is 7.05 Å². The second-order valence-electron chi connectivity index (χ2n) is 2.86. The highest BCUT2D eigenvalue weighted by Gasteiger charge is 2.19. The Bertz CT molecular complexity index is 277. The fraction of sp³-hybridized carbons (Fsp3) is 0.857. The number of carbonyl (C=O) groups is 1. The number of hydrogen-bond donors (Lipinski definition) is 1. The van der Waals surface area contributed by atoms with Crippen molar-refractivity contribution < 1.29 is 22.7 Å². The van der Waals surface area contributed by atoms with Crippen molar-refractivity contribution in [2.24, 2.45) is 0 Å². The molecular weight excluding hydrogens is 213 g/mol. The maximum absolute atomic E-state index is 11.7. The van der Waals surface area contributed by atoms with Crippen LogP contribution in [0.3, 0.4) is 0 Å². The summed E-state index contributed by atoms with van der Waals surface area (Å²) in [5.74, 6) is -1.41. The zero-order valence-electron chi connectivity index (χ0n) is 7.94. The van der Waals surface area contributed by atoms with Gasteiger partial charge in [0.25, 0.3) is 0 Å². The third-order valence-corrected chi connectivity index (χ3v) is 3.50. The normalized spacial score (nSPS) is 11.9. The second kappa shape index (κ2) is 5.92. The molecule has 0 amide bonds. The molecule has 0 aromatic heterocycles. The lowest BCUT2D eigenvalue weighted by atomic mass is 10.4. The van der Waals surface area contributed by atoms with E-state index in [0.717, 1.165) is 4.31 Å². The zero-order valence-corrected chi connectivity index (χ0v) is 8.76. The molecule has 0 rings (SSSR count). The predicted octanol–water partition coefficient (Wildman–Crippen LogP) is 0.0823. The zero-order chi connectivity index (χ0) is 11.2. The van der Waals surface area contributed by atoms with E-state index in [9.17, 15) is 17.6 Å². The van der Waals surface area contributed by atoms with Gasteiger partial charge in [-0.2, -0.15) is 4.31 Å². The summed E-state index contributed by atoms with van der Waals surface area (Å²) < 4.78 is 35.0. The van der Waals surface area contributed by atoms with Gasteiger partial charge in [0.15, 0.2) is 0 Å². The van der Waals surface area contributed by atoms with E-state index in [2.05, 4.69) is 0 Å². The number of alkyl halides is 1. The monoisotopic (exact) mass is 227 g/mol. The molecule has 0 saturated heterocycles. The van der Waals surface area contributed by atoms with E-state index in [1.807, 2.05) is 0 Å². The first-order valence-electron chi connectivity index (χ1n) is 4.12. The molecule has 0 saturated carbocycles. The molecule has 0 spiro atoms. The van der Waals surface area contributed by atoms with Crippen molar-refractivity contribution in [1.29, 1.82) is 0 Å². The Morgan fingerprint density at radius 2 is 2.00 bits per heavy atom. The number of aliphatic carboxylic acids is 1. The van der Waals surface area contributed by atoms with Gasteiger partial charge in [-0.1, -0.05) is 0 Å². The Hall–Kier alpha value is -0.690. The number of likely N-dealkylation sites (N-methyl/N-ethyl adjacent to an activating group) is 1. The predicted molar refractivity (Wildman–Crippen MR) is 49.3 cm³/mol. The van der Waals surface area contributed by atoms with Crippen LogP contribution in [0.15, 0.2) is 0 Å². The van der Waals surface area contributed by atoms with Gasteiger partial charge in [0.1, 0.15) is 6.54 Å². The minimum atomic E-state index is -3.54. The van der Waals surface area contributed by atoms with E-state index in [4.69, 9.17) is 5.11 Å². The van der Waals surface area contributed by atoms with Crippen molar-refractivity contribution in [2.45, 2.75) is 12.8 Å². The molecule has 7 heteroatoms. The molecule has 0 bridgehead atoms. The maximum atomic E-state index is 11.7. The maximum Gasteiger partial charge on any atom is 0.318 e. The summed E-state index contributed by atoms with van der Waals surface area (Å²) in [6.45, 7) is -1.11. The van der Waals surface area contributed by atoms with Gasteiger partial charge >= 0.3 is 5.97 Å². The van der Waals surface area contributed by atoms with Gasteiger partial charge in [-0.25, -0.2) is 8.42 Å². The highest BCUT2D eigenvalue weighted by atomic mass is 32.2. The van der Waals surface area contributed by atoms with Crippen LogP contribution in [0.5, 0.6) is 0 Å². The van der Waals surface area contributed by atoms with Gasteiger partial charge in [-0.15, -0.1) is 0 Å². The van der Waals surface area contributed by atoms with Crippen LogP contribution in [0.1, 0.15) is 12.8 Å². The number of halogens is 1. The molecule has 0 atom stereocenters. The van der Waals surface area contributed by atoms with E-state index in [0.29, 0.717) is 0 Å². The van der Waals surface area contributed by atoms with E-state index >= 15 is 0 Å². The van der Waals surface area contributed by atoms with Gasteiger partial charge in [-0.3, -0.25) is 9.18 Å². The summed E-state index contributed by atoms with van der Waals surface area (Å²) in [5.41, 5.74) is 0. The summed E-state index contributed by atoms with van der Waals surface area (Å²) >= 11 is 0. The Labute approximate surface area is 82.6 Å². The van der Waals surface area contributed by atoms with Gasteiger partial charge in [0.05, 0.1) is 12.4 Å². The molecule has 0 radical (unpaired) electrons. The lowest BCUT2D eigenvalue weighted by Gasteiger charge is -2.14. The molecule has 0 aliphatic carbocycles. The van der Waals surface area contributed by atoms with Crippen LogP contribution in [0.25, 0.3) is 0 Å². The fourth-order valence-electron chi connectivity index (χ4n) is 0.824. The van der Waals surface area contributed by atoms with Crippen LogP contribution >= 0.6 is 0 Å². The molecule has 84 valence electrons. The number of hydrogen-bond acceptors (Lipinski definition) is 3. The molecule has 1 N–H and O–H groups in total. The van der Waals surface area contributed by atoms with Gasteiger partial charge in [0.2, 0.25) is 10.0 Å². The number of unbranched alkanes of at least 4 members (excludes halogenated alkanes) is 1. The number of carboxylic acids is 1. The smallest absolute Gasteiger partial charge is 0.318 e. The van der Waals surface area contributed by atoms with E-state index in [1.165, 1.54) is 7.05 Å². The van der Waals surface area contributed by atoms with Crippen molar-refractivity contribution in [3.05, 3.63) is 0 Å². The van der Waals surface area contributed by atoms with Crippen molar-refractivity contribution >= 4 is 16.0 Å². The summed E-state index contributed by atoms with van der Waals surface area (Å²) in [6, 6.07) is 0. The Morgan fingerprint density at radius 3 is 2.43 bits per heavy atom. The van der Waals surface area contributed by atoms with Crippen LogP contribution in [0.2, 0.25) is 0 Å². The lowest BCUT2D eigenvalue weighted by Crippen LogP contribution is -2.33. The highest BCUT2D eigenvalue weighted by molar-refractivity contribution is 7.89. The van der Waals surface area contributed by atoms with Crippen LogP contribution < -0.4 is 0 Å². The molecule has 0 aliphatic heterocycles. The molecule has 0 aromatic rings. The molecular formula is C7H14FNO4S. The molecule has 14 heavy (non-hydrogen) atoms. The quantitative estimate of drug-likeness (QED) is 0.625. The van der Waals surface area contributed by atoms with Crippen LogP contribution in [0.4, 0.5) is 4.39 Å². The minimum Gasteiger partial charge on any atom is -0.480 e. The Morgan fingerprint density at radius 1 is 1.43 bits per heavy atom. The third-order valence-electron chi connectivity index (χ3n) is 1.62. The highest BCUT2D eigenvalue weighted by Crippen LogP contribution is 2.02. The summed E-state index contributed by atoms with van der Waals surface area (Å²) in [6.07, 6.45) is 0.392. The Kier molecular flexibility index (Phi) is 5.63.